The van der Waals surface area contributed by atoms with Gasteiger partial charge in [-0.1, -0.05) is 43.7 Å². The Balaban J connectivity index is 1.93. The van der Waals surface area contributed by atoms with Crippen molar-refractivity contribution >= 4 is 5.91 Å². The smallest absolute Gasteiger partial charge is 0.264 e. The number of ether oxygens (including phenoxy) is 1. The Kier molecular flexibility index (Phi) is 3.81. The second-order valence-corrected chi connectivity index (χ2v) is 4.10. The lowest BCUT2D eigenvalue weighted by Crippen LogP contribution is -2.63. The summed E-state index contributed by atoms with van der Waals surface area (Å²) in [6, 6.07) is 9.44. The van der Waals surface area contributed by atoms with Crippen molar-refractivity contribution in [2.45, 2.75) is 31.9 Å². The van der Waals surface area contributed by atoms with Crippen LogP contribution in [0.4, 0.5) is 0 Å². The maximum atomic E-state index is 11.4. The van der Waals surface area contributed by atoms with Crippen molar-refractivity contribution in [1.82, 2.24) is 5.32 Å². The number of para-hydroxylation sites is 1. The number of nitrogens with one attached hydrogen (secondary N) is 1. The monoisotopic (exact) mass is 231 g/mol. The Labute approximate surface area is 101 Å². The molecular weight excluding hydrogens is 214 g/mol. The molecule has 1 saturated heterocycles. The van der Waals surface area contributed by atoms with Crippen molar-refractivity contribution in [2.24, 2.45) is 0 Å². The number of amides is 1. The molecule has 0 saturated carbocycles. The van der Waals surface area contributed by atoms with Crippen LogP contribution in [0, 0.1) is 0 Å². The van der Waals surface area contributed by atoms with Crippen molar-refractivity contribution < 1.29 is 9.53 Å². The molecule has 0 unspecified atom stereocenters. The molecule has 1 aliphatic heterocycles. The van der Waals surface area contributed by atoms with Gasteiger partial charge in [0.1, 0.15) is 5.75 Å². The van der Waals surface area contributed by atoms with E-state index in [1.165, 1.54) is 0 Å². The number of carbonyl (C=O) groups excluding carboxylic acids is 1. The number of β-lactam (4-membered cyclic amide) rings is 1. The van der Waals surface area contributed by atoms with E-state index in [-0.39, 0.29) is 18.1 Å². The van der Waals surface area contributed by atoms with Gasteiger partial charge in [0.25, 0.3) is 5.91 Å². The lowest BCUT2D eigenvalue weighted by molar-refractivity contribution is -0.138. The highest BCUT2D eigenvalue weighted by Crippen LogP contribution is 2.18. The fourth-order valence-corrected chi connectivity index (χ4v) is 1.72. The molecule has 0 spiro atoms. The number of hydrogen-bond donors (Lipinski definition) is 1. The van der Waals surface area contributed by atoms with Gasteiger partial charge < -0.3 is 10.1 Å². The first-order chi connectivity index (χ1) is 8.31. The van der Waals surface area contributed by atoms with Gasteiger partial charge in [0.2, 0.25) is 6.10 Å². The van der Waals surface area contributed by atoms with Gasteiger partial charge in [0, 0.05) is 0 Å². The van der Waals surface area contributed by atoms with E-state index in [0.717, 1.165) is 18.6 Å². The van der Waals surface area contributed by atoms with Crippen LogP contribution in [0.5, 0.6) is 5.75 Å². The summed E-state index contributed by atoms with van der Waals surface area (Å²) in [6.45, 7) is 2.13. The predicted molar refractivity (Wildman–Crippen MR) is 66.8 cm³/mol. The third-order valence-corrected chi connectivity index (χ3v) is 2.70. The maximum Gasteiger partial charge on any atom is 0.264 e. The average molecular weight is 231 g/mol. The Hall–Kier alpha value is -1.77. The van der Waals surface area contributed by atoms with Gasteiger partial charge in [-0.25, -0.2) is 0 Å². The van der Waals surface area contributed by atoms with Crippen LogP contribution >= 0.6 is 0 Å². The molecule has 1 fully saturated rings. The molecule has 0 bridgehead atoms. The van der Waals surface area contributed by atoms with E-state index in [1.54, 1.807) is 0 Å². The molecule has 1 N–H and O–H groups in total. The second-order valence-electron chi connectivity index (χ2n) is 4.10. The molecule has 1 aromatic carbocycles. The lowest BCUT2D eigenvalue weighted by Gasteiger charge is -2.34. The van der Waals surface area contributed by atoms with Gasteiger partial charge in [-0.15, -0.1) is 0 Å². The Morgan fingerprint density at radius 2 is 2.12 bits per heavy atom. The van der Waals surface area contributed by atoms with Crippen molar-refractivity contribution in [3.05, 3.63) is 42.5 Å². The molecule has 0 radical (unpaired) electrons. The average Bonchev–Trinajstić information content (AvgIpc) is 2.36. The zero-order chi connectivity index (χ0) is 12.1. The highest BCUT2D eigenvalue weighted by atomic mass is 16.5. The van der Waals surface area contributed by atoms with Crippen LogP contribution in [0.1, 0.15) is 19.8 Å². The largest absolute Gasteiger partial charge is 0.478 e. The number of benzene rings is 1. The summed E-state index contributed by atoms with van der Waals surface area (Å²) in [4.78, 5) is 11.4. The predicted octanol–water partition coefficient (Wildman–Crippen LogP) is 2.29. The molecule has 3 heteroatoms. The molecule has 2 rings (SSSR count). The first-order valence-electron chi connectivity index (χ1n) is 6.00. The minimum atomic E-state index is -0.384. The number of rotatable bonds is 5. The summed E-state index contributed by atoms with van der Waals surface area (Å²) in [5.74, 6) is 0.696. The van der Waals surface area contributed by atoms with Gasteiger partial charge in [-0.3, -0.25) is 4.79 Å². The van der Waals surface area contributed by atoms with Gasteiger partial charge >= 0.3 is 0 Å². The highest BCUT2D eigenvalue weighted by molar-refractivity contribution is 5.89. The van der Waals surface area contributed by atoms with Crippen LogP contribution in [0.2, 0.25) is 0 Å². The molecule has 0 aromatic heterocycles. The number of unbranched alkanes of at least 4 members (excludes halogenated alkanes) is 1. The molecule has 1 amide bonds. The molecule has 1 heterocycles. The van der Waals surface area contributed by atoms with Crippen molar-refractivity contribution in [2.75, 3.05) is 0 Å². The summed E-state index contributed by atoms with van der Waals surface area (Å²) in [5, 5.41) is 2.82. The van der Waals surface area contributed by atoms with Crippen molar-refractivity contribution in [1.29, 1.82) is 0 Å². The quantitative estimate of drug-likeness (QED) is 0.623. The van der Waals surface area contributed by atoms with Crippen LogP contribution in [-0.2, 0) is 4.79 Å². The zero-order valence-corrected chi connectivity index (χ0v) is 9.93. The Morgan fingerprint density at radius 3 is 2.76 bits per heavy atom. The molecular formula is C14H17NO2. The van der Waals surface area contributed by atoms with Crippen LogP contribution in [0.3, 0.4) is 0 Å². The number of allylic oxidation sites excluding steroid dienone is 1. The van der Waals surface area contributed by atoms with Crippen molar-refractivity contribution in [3.8, 4) is 5.75 Å². The Morgan fingerprint density at radius 1 is 1.35 bits per heavy atom. The lowest BCUT2D eigenvalue weighted by atomic mass is 10.0. The summed E-state index contributed by atoms with van der Waals surface area (Å²) < 4.78 is 5.64. The summed E-state index contributed by atoms with van der Waals surface area (Å²) >= 11 is 0. The van der Waals surface area contributed by atoms with E-state index >= 15 is 0 Å². The van der Waals surface area contributed by atoms with Crippen LogP contribution < -0.4 is 10.1 Å². The third kappa shape index (κ3) is 2.87. The van der Waals surface area contributed by atoms with Crippen LogP contribution in [-0.4, -0.2) is 18.1 Å². The fourth-order valence-electron chi connectivity index (χ4n) is 1.72. The summed E-state index contributed by atoms with van der Waals surface area (Å²) in [5.41, 5.74) is 0. The zero-order valence-electron chi connectivity index (χ0n) is 9.93. The third-order valence-electron chi connectivity index (χ3n) is 2.70. The highest BCUT2D eigenvalue weighted by Gasteiger charge is 2.39. The normalized spacial score (nSPS) is 23.2. The van der Waals surface area contributed by atoms with E-state index in [4.69, 9.17) is 4.74 Å². The Bertz CT molecular complexity index is 400. The van der Waals surface area contributed by atoms with E-state index in [1.807, 2.05) is 36.4 Å². The van der Waals surface area contributed by atoms with Crippen LogP contribution in [0.15, 0.2) is 42.5 Å². The molecule has 1 aliphatic rings. The SMILES string of the molecule is CCC/C=C/[C@@H]1NC(=O)[C@@H]1Oc1ccccc1. The van der Waals surface area contributed by atoms with Gasteiger partial charge in [0.05, 0.1) is 6.04 Å². The number of hydrogen-bond acceptors (Lipinski definition) is 2. The minimum absolute atomic E-state index is 0.00857. The van der Waals surface area contributed by atoms with E-state index in [0.29, 0.717) is 0 Å². The van der Waals surface area contributed by atoms with Crippen LogP contribution in [0.25, 0.3) is 0 Å². The van der Waals surface area contributed by atoms with Gasteiger partial charge in [-0.2, -0.15) is 0 Å². The standard InChI is InChI=1S/C14H17NO2/c1-2-3-5-10-12-13(14(16)15-12)17-11-8-6-4-7-9-11/h4-10,12-13H,2-3H2,1H3,(H,15,16)/b10-5+/t12-,13+/m0/s1. The molecule has 17 heavy (non-hydrogen) atoms. The topological polar surface area (TPSA) is 38.3 Å². The first kappa shape index (κ1) is 11.7. The minimum Gasteiger partial charge on any atom is -0.478 e. The molecule has 2 atom stereocenters. The van der Waals surface area contributed by atoms with Crippen molar-refractivity contribution in [3.63, 3.8) is 0 Å². The molecule has 90 valence electrons. The van der Waals surface area contributed by atoms with Gasteiger partial charge in [0.15, 0.2) is 0 Å². The molecule has 3 nitrogen and oxygen atoms in total. The molecule has 1 aromatic rings. The summed E-state index contributed by atoms with van der Waals surface area (Å²) in [6.07, 6.45) is 5.86. The van der Waals surface area contributed by atoms with E-state index in [2.05, 4.69) is 18.3 Å². The van der Waals surface area contributed by atoms with E-state index < -0.39 is 0 Å². The molecule has 0 aliphatic carbocycles. The summed E-state index contributed by atoms with van der Waals surface area (Å²) in [7, 11) is 0. The first-order valence-corrected chi connectivity index (χ1v) is 6.00. The van der Waals surface area contributed by atoms with E-state index in [9.17, 15) is 4.79 Å². The number of carbonyl (C=O) groups is 1. The van der Waals surface area contributed by atoms with Gasteiger partial charge in [-0.05, 0) is 18.6 Å². The second kappa shape index (κ2) is 5.53. The maximum absolute atomic E-state index is 11.4. The fraction of sp³-hybridized carbons (Fsp3) is 0.357.